The first-order valence-electron chi connectivity index (χ1n) is 3.63. The van der Waals surface area contributed by atoms with Gasteiger partial charge < -0.3 is 5.73 Å². The summed E-state index contributed by atoms with van der Waals surface area (Å²) in [5.74, 6) is -0.00989. The number of anilines is 1. The van der Waals surface area contributed by atoms with Crippen LogP contribution in [0.4, 0.5) is 14.5 Å². The smallest absolute Gasteiger partial charge is 0.266 e. The molecule has 1 aromatic heterocycles. The summed E-state index contributed by atoms with van der Waals surface area (Å²) in [5, 5.41) is 8.55. The third-order valence-electron chi connectivity index (χ3n) is 1.63. The number of nitriles is 1. The van der Waals surface area contributed by atoms with Gasteiger partial charge in [0.2, 0.25) is 0 Å². The Balaban J connectivity index is 3.33. The van der Waals surface area contributed by atoms with Crippen LogP contribution in [0.1, 0.15) is 23.4 Å². The van der Waals surface area contributed by atoms with Gasteiger partial charge in [0, 0.05) is 0 Å². The highest BCUT2D eigenvalue weighted by Crippen LogP contribution is 2.25. The zero-order valence-electron chi connectivity index (χ0n) is 6.97. The fraction of sp³-hybridized carbons (Fsp3) is 0.250. The maximum atomic E-state index is 12.4. The van der Waals surface area contributed by atoms with Crippen molar-refractivity contribution in [3.63, 3.8) is 0 Å². The predicted octanol–water partition coefficient (Wildman–Crippen LogP) is 2.21. The summed E-state index contributed by atoms with van der Waals surface area (Å²) in [6, 6.07) is 2.61. The van der Waals surface area contributed by atoms with Crippen LogP contribution in [0, 0.1) is 11.3 Å². The van der Waals surface area contributed by atoms with Crippen molar-refractivity contribution in [2.24, 2.45) is 0 Å². The second-order valence-electron chi connectivity index (χ2n) is 2.51. The van der Waals surface area contributed by atoms with E-state index >= 15 is 0 Å². The van der Waals surface area contributed by atoms with E-state index in [0.717, 1.165) is 6.07 Å². The van der Waals surface area contributed by atoms with Gasteiger partial charge >= 0.3 is 0 Å². The molecule has 1 heterocycles. The van der Waals surface area contributed by atoms with Crippen molar-refractivity contribution in [2.75, 3.05) is 5.73 Å². The van der Waals surface area contributed by atoms with E-state index in [0.29, 0.717) is 0 Å². The van der Waals surface area contributed by atoms with E-state index in [1.165, 1.54) is 0 Å². The van der Waals surface area contributed by atoms with Crippen molar-refractivity contribution >= 4 is 17.3 Å². The molecule has 0 bridgehead atoms. The maximum absolute atomic E-state index is 12.4. The Morgan fingerprint density at radius 2 is 2.29 bits per heavy atom. The van der Waals surface area contributed by atoms with E-state index in [4.69, 9.17) is 22.6 Å². The predicted molar refractivity (Wildman–Crippen MR) is 47.9 cm³/mol. The maximum Gasteiger partial charge on any atom is 0.266 e. The van der Waals surface area contributed by atoms with Crippen LogP contribution in [0.15, 0.2) is 6.07 Å². The van der Waals surface area contributed by atoms with Crippen molar-refractivity contribution < 1.29 is 8.78 Å². The van der Waals surface area contributed by atoms with Gasteiger partial charge in [-0.05, 0) is 6.07 Å². The lowest BCUT2D eigenvalue weighted by Crippen LogP contribution is -2.02. The van der Waals surface area contributed by atoms with E-state index in [1.54, 1.807) is 6.07 Å². The average Bonchev–Trinajstić information content (AvgIpc) is 2.17. The first-order chi connectivity index (χ1) is 6.60. The van der Waals surface area contributed by atoms with Gasteiger partial charge in [0.05, 0.1) is 22.8 Å². The molecule has 0 aliphatic carbocycles. The molecule has 0 aromatic carbocycles. The highest BCUT2D eigenvalue weighted by atomic mass is 35.5. The van der Waals surface area contributed by atoms with Crippen molar-refractivity contribution in [2.45, 2.75) is 12.3 Å². The van der Waals surface area contributed by atoms with Gasteiger partial charge in [-0.1, -0.05) is 0 Å². The summed E-state index contributed by atoms with van der Waals surface area (Å²) in [5.41, 5.74) is 4.94. The molecule has 3 nitrogen and oxygen atoms in total. The Hall–Kier alpha value is -1.41. The standard InChI is InChI=1S/C8H6ClF2N3/c9-2-6-5(13)1-4(8(10)11)7(3-12)14-6/h1,8H,2,13H2. The topological polar surface area (TPSA) is 62.7 Å². The molecule has 0 aliphatic heterocycles. The lowest BCUT2D eigenvalue weighted by molar-refractivity contribution is 0.150. The first-order valence-corrected chi connectivity index (χ1v) is 4.17. The van der Waals surface area contributed by atoms with Gasteiger partial charge in [-0.25, -0.2) is 13.8 Å². The number of nitrogens with two attached hydrogens (primary N) is 1. The zero-order valence-corrected chi connectivity index (χ0v) is 7.72. The molecule has 0 atom stereocenters. The summed E-state index contributed by atoms with van der Waals surface area (Å²) >= 11 is 5.45. The van der Waals surface area contributed by atoms with Gasteiger partial charge in [-0.3, -0.25) is 0 Å². The third kappa shape index (κ3) is 1.91. The van der Waals surface area contributed by atoms with E-state index in [9.17, 15) is 8.78 Å². The fourth-order valence-electron chi connectivity index (χ4n) is 0.946. The largest absolute Gasteiger partial charge is 0.397 e. The van der Waals surface area contributed by atoms with Gasteiger partial charge in [0.1, 0.15) is 11.8 Å². The van der Waals surface area contributed by atoms with Crippen molar-refractivity contribution in [1.29, 1.82) is 5.26 Å². The van der Waals surface area contributed by atoms with E-state index in [1.807, 2.05) is 0 Å². The van der Waals surface area contributed by atoms with Gasteiger partial charge in [0.25, 0.3) is 6.43 Å². The molecule has 2 N–H and O–H groups in total. The number of aromatic nitrogens is 1. The Bertz CT molecular complexity index is 387. The summed E-state index contributed by atoms with van der Waals surface area (Å²) in [6.07, 6.45) is -2.76. The Kier molecular flexibility index (Phi) is 3.20. The Morgan fingerprint density at radius 1 is 1.64 bits per heavy atom. The van der Waals surface area contributed by atoms with Gasteiger partial charge in [-0.15, -0.1) is 11.6 Å². The van der Waals surface area contributed by atoms with Crippen molar-refractivity contribution in [3.8, 4) is 6.07 Å². The number of rotatable bonds is 2. The van der Waals surface area contributed by atoms with E-state index < -0.39 is 12.0 Å². The number of alkyl halides is 3. The first kappa shape index (κ1) is 10.7. The van der Waals surface area contributed by atoms with Crippen LogP contribution in [0.5, 0.6) is 0 Å². The number of nitrogens with zero attached hydrogens (tertiary/aromatic N) is 2. The monoisotopic (exact) mass is 217 g/mol. The molecule has 1 aromatic rings. The highest BCUT2D eigenvalue weighted by molar-refractivity contribution is 6.17. The zero-order chi connectivity index (χ0) is 10.7. The van der Waals surface area contributed by atoms with Crippen molar-refractivity contribution in [3.05, 3.63) is 23.0 Å². The molecule has 0 saturated heterocycles. The highest BCUT2D eigenvalue weighted by Gasteiger charge is 2.16. The number of nitrogen functional groups attached to an aromatic ring is 1. The SMILES string of the molecule is N#Cc1nc(CCl)c(N)cc1C(F)F. The molecule has 0 fully saturated rings. The molecular weight excluding hydrogens is 212 g/mol. The van der Waals surface area contributed by atoms with Crippen molar-refractivity contribution in [1.82, 2.24) is 4.98 Å². The Morgan fingerprint density at radius 3 is 2.71 bits per heavy atom. The Labute approximate surface area is 84.1 Å². The third-order valence-corrected chi connectivity index (χ3v) is 1.89. The molecule has 0 radical (unpaired) electrons. The fourth-order valence-corrected chi connectivity index (χ4v) is 1.16. The van der Waals surface area contributed by atoms with E-state index in [2.05, 4.69) is 4.98 Å². The van der Waals surface area contributed by atoms with E-state index in [-0.39, 0.29) is 23.0 Å². The van der Waals surface area contributed by atoms with Crippen LogP contribution >= 0.6 is 11.6 Å². The molecule has 0 unspecified atom stereocenters. The summed E-state index contributed by atoms with van der Waals surface area (Å²) in [4.78, 5) is 3.63. The van der Waals surface area contributed by atoms with Crippen LogP contribution in [0.3, 0.4) is 0 Å². The lowest BCUT2D eigenvalue weighted by Gasteiger charge is -2.06. The minimum absolute atomic E-state index is 0.00989. The molecule has 14 heavy (non-hydrogen) atoms. The normalized spacial score (nSPS) is 10.2. The molecule has 74 valence electrons. The molecular formula is C8H6ClF2N3. The molecule has 0 amide bonds. The lowest BCUT2D eigenvalue weighted by atomic mass is 10.1. The van der Waals surface area contributed by atoms with Crippen LogP contribution in [-0.2, 0) is 5.88 Å². The van der Waals surface area contributed by atoms with Crippen LogP contribution in [-0.4, -0.2) is 4.98 Å². The van der Waals surface area contributed by atoms with Gasteiger partial charge in [0.15, 0.2) is 0 Å². The van der Waals surface area contributed by atoms with Crippen LogP contribution in [0.2, 0.25) is 0 Å². The minimum atomic E-state index is -2.76. The second kappa shape index (κ2) is 4.20. The second-order valence-corrected chi connectivity index (χ2v) is 2.78. The minimum Gasteiger partial charge on any atom is -0.397 e. The molecule has 0 spiro atoms. The number of halogens is 3. The van der Waals surface area contributed by atoms with Crippen LogP contribution in [0.25, 0.3) is 0 Å². The number of pyridine rings is 1. The van der Waals surface area contributed by atoms with Gasteiger partial charge in [-0.2, -0.15) is 5.26 Å². The molecule has 6 heteroatoms. The summed E-state index contributed by atoms with van der Waals surface area (Å²) in [7, 11) is 0. The molecule has 0 aliphatic rings. The average molecular weight is 218 g/mol. The number of hydrogen-bond acceptors (Lipinski definition) is 3. The molecule has 0 saturated carbocycles. The van der Waals surface area contributed by atoms with Crippen LogP contribution < -0.4 is 5.73 Å². The quantitative estimate of drug-likeness (QED) is 0.773. The number of hydrogen-bond donors (Lipinski definition) is 1. The summed E-state index contributed by atoms with van der Waals surface area (Å²) in [6.45, 7) is 0. The summed E-state index contributed by atoms with van der Waals surface area (Å²) < 4.78 is 24.7. The molecule has 1 rings (SSSR count).